The van der Waals surface area contributed by atoms with Crippen LogP contribution in [0, 0.1) is 11.6 Å². The molecule has 1 saturated heterocycles. The van der Waals surface area contributed by atoms with E-state index in [0.717, 1.165) is 31.9 Å². The molecule has 2 heterocycles. The number of methoxy groups -OCH3 is 1. The number of hydrogen-bond acceptors (Lipinski definition) is 5. The molecule has 0 spiro atoms. The maximum Gasteiger partial charge on any atom is 0.341 e. The largest absolute Gasteiger partial charge is 0.465 e. The van der Waals surface area contributed by atoms with E-state index in [1.54, 1.807) is 24.3 Å². The summed E-state index contributed by atoms with van der Waals surface area (Å²) in [4.78, 5) is 16.9. The second-order valence-corrected chi connectivity index (χ2v) is 6.46. The molecule has 0 radical (unpaired) electrons. The van der Waals surface area contributed by atoms with E-state index >= 15 is 0 Å². The number of hydrogen-bond donors (Lipinski definition) is 2. The fourth-order valence-electron chi connectivity index (χ4n) is 3.30. The minimum atomic E-state index is -1.13. The minimum Gasteiger partial charge on any atom is -0.465 e. The monoisotopic (exact) mass is 387 g/mol. The van der Waals surface area contributed by atoms with Crippen LogP contribution in [-0.2, 0) is 4.74 Å². The van der Waals surface area contributed by atoms with Crippen LogP contribution in [0.15, 0.2) is 36.5 Å². The molecule has 2 aromatic carbocycles. The molecule has 146 valence electrons. The summed E-state index contributed by atoms with van der Waals surface area (Å²) < 4.78 is 39.3. The SMILES string of the molecule is COC(=O)c1ccc(N2CCNCC2)cc1Oc1cc2cc[nH]c2c(F)c1F. The molecule has 28 heavy (non-hydrogen) atoms. The third-order valence-corrected chi connectivity index (χ3v) is 4.77. The average Bonchev–Trinajstić information content (AvgIpc) is 3.20. The van der Waals surface area contributed by atoms with E-state index in [0.29, 0.717) is 5.39 Å². The van der Waals surface area contributed by atoms with Crippen molar-refractivity contribution >= 4 is 22.6 Å². The summed E-state index contributed by atoms with van der Waals surface area (Å²) in [6, 6.07) is 8.01. The lowest BCUT2D eigenvalue weighted by molar-refractivity contribution is 0.0598. The summed E-state index contributed by atoms with van der Waals surface area (Å²) in [5.41, 5.74) is 1.02. The molecule has 0 bridgehead atoms. The number of benzene rings is 2. The number of H-pyrrole nitrogens is 1. The van der Waals surface area contributed by atoms with Crippen molar-refractivity contribution in [1.29, 1.82) is 0 Å². The topological polar surface area (TPSA) is 66.6 Å². The number of fused-ring (bicyclic) bond motifs is 1. The normalized spacial score (nSPS) is 14.3. The molecule has 6 nitrogen and oxygen atoms in total. The number of piperazine rings is 1. The number of aromatic amines is 1. The molecule has 3 aromatic rings. The predicted molar refractivity (Wildman–Crippen MR) is 101 cm³/mol. The number of ether oxygens (including phenoxy) is 2. The lowest BCUT2D eigenvalue weighted by Crippen LogP contribution is -2.43. The fraction of sp³-hybridized carbons (Fsp3) is 0.250. The number of esters is 1. The van der Waals surface area contributed by atoms with Gasteiger partial charge in [-0.1, -0.05) is 0 Å². The molecule has 1 aliphatic heterocycles. The van der Waals surface area contributed by atoms with E-state index in [1.165, 1.54) is 19.4 Å². The zero-order chi connectivity index (χ0) is 19.7. The first-order chi connectivity index (χ1) is 13.6. The van der Waals surface area contributed by atoms with E-state index in [1.807, 2.05) is 0 Å². The highest BCUT2D eigenvalue weighted by Gasteiger charge is 2.21. The molecule has 1 aliphatic rings. The van der Waals surface area contributed by atoms with Crippen LogP contribution in [0.1, 0.15) is 10.4 Å². The van der Waals surface area contributed by atoms with Crippen LogP contribution in [0.4, 0.5) is 14.5 Å². The Hall–Kier alpha value is -3.13. The summed E-state index contributed by atoms with van der Waals surface area (Å²) in [6.45, 7) is 3.24. The van der Waals surface area contributed by atoms with Crippen molar-refractivity contribution in [1.82, 2.24) is 10.3 Å². The van der Waals surface area contributed by atoms with E-state index in [-0.39, 0.29) is 22.6 Å². The van der Waals surface area contributed by atoms with Gasteiger partial charge >= 0.3 is 5.97 Å². The summed E-state index contributed by atoms with van der Waals surface area (Å²) >= 11 is 0. The first-order valence-corrected chi connectivity index (χ1v) is 8.89. The predicted octanol–water partition coefficient (Wildman–Crippen LogP) is 3.43. The van der Waals surface area contributed by atoms with Gasteiger partial charge in [0.2, 0.25) is 5.82 Å². The standard InChI is InChI=1S/C20H19F2N3O3/c1-27-20(26)14-3-2-13(25-8-6-23-7-9-25)11-15(14)28-16-10-12-4-5-24-19(12)18(22)17(16)21/h2-5,10-11,23-24H,6-9H2,1H3. The Labute approximate surface area is 160 Å². The minimum absolute atomic E-state index is 0.0626. The molecule has 8 heteroatoms. The Morgan fingerprint density at radius 1 is 1.07 bits per heavy atom. The van der Waals surface area contributed by atoms with Crippen LogP contribution in [-0.4, -0.2) is 44.2 Å². The Morgan fingerprint density at radius 2 is 1.86 bits per heavy atom. The number of nitrogens with zero attached hydrogens (tertiary/aromatic N) is 1. The number of carbonyl (C=O) groups excluding carboxylic acids is 1. The van der Waals surface area contributed by atoms with Gasteiger partial charge in [0.25, 0.3) is 0 Å². The van der Waals surface area contributed by atoms with Crippen LogP contribution in [0.25, 0.3) is 10.9 Å². The Morgan fingerprint density at radius 3 is 2.61 bits per heavy atom. The van der Waals surface area contributed by atoms with Crippen LogP contribution in [0.5, 0.6) is 11.5 Å². The number of anilines is 1. The van der Waals surface area contributed by atoms with E-state index in [2.05, 4.69) is 15.2 Å². The number of aromatic nitrogens is 1. The van der Waals surface area contributed by atoms with Gasteiger partial charge in [0.15, 0.2) is 11.6 Å². The van der Waals surface area contributed by atoms with Crippen molar-refractivity contribution in [3.63, 3.8) is 0 Å². The maximum atomic E-state index is 14.5. The first kappa shape index (κ1) is 18.2. The summed E-state index contributed by atoms with van der Waals surface area (Å²) in [7, 11) is 1.25. The van der Waals surface area contributed by atoms with Crippen LogP contribution in [0.2, 0.25) is 0 Å². The molecule has 4 rings (SSSR count). The number of carbonyl (C=O) groups is 1. The van der Waals surface area contributed by atoms with Crippen molar-refractivity contribution in [2.45, 2.75) is 0 Å². The highest BCUT2D eigenvalue weighted by molar-refractivity contribution is 5.93. The fourth-order valence-corrected chi connectivity index (χ4v) is 3.30. The van der Waals surface area contributed by atoms with Crippen molar-refractivity contribution in [3.05, 3.63) is 53.7 Å². The van der Waals surface area contributed by atoms with Gasteiger partial charge in [-0.15, -0.1) is 0 Å². The van der Waals surface area contributed by atoms with E-state index in [9.17, 15) is 13.6 Å². The van der Waals surface area contributed by atoms with Crippen molar-refractivity contribution < 1.29 is 23.0 Å². The van der Waals surface area contributed by atoms with Gasteiger partial charge in [0, 0.05) is 49.5 Å². The van der Waals surface area contributed by atoms with E-state index < -0.39 is 17.6 Å². The van der Waals surface area contributed by atoms with Crippen LogP contribution < -0.4 is 15.0 Å². The lowest BCUT2D eigenvalue weighted by atomic mass is 10.1. The number of rotatable bonds is 4. The number of halogens is 2. The first-order valence-electron chi connectivity index (χ1n) is 8.89. The van der Waals surface area contributed by atoms with E-state index in [4.69, 9.17) is 9.47 Å². The number of nitrogens with one attached hydrogen (secondary N) is 2. The van der Waals surface area contributed by atoms with Crippen LogP contribution >= 0.6 is 0 Å². The van der Waals surface area contributed by atoms with Crippen molar-refractivity contribution in [3.8, 4) is 11.5 Å². The molecule has 2 N–H and O–H groups in total. The quantitative estimate of drug-likeness (QED) is 0.672. The molecule has 0 saturated carbocycles. The molecule has 1 aromatic heterocycles. The third kappa shape index (κ3) is 3.27. The Kier molecular flexibility index (Phi) is 4.87. The highest BCUT2D eigenvalue weighted by atomic mass is 19.2. The molecular formula is C20H19F2N3O3. The van der Waals surface area contributed by atoms with Crippen molar-refractivity contribution in [2.75, 3.05) is 38.2 Å². The van der Waals surface area contributed by atoms with Gasteiger partial charge in [0.05, 0.1) is 12.6 Å². The molecule has 0 atom stereocenters. The van der Waals surface area contributed by atoms with Crippen LogP contribution in [0.3, 0.4) is 0 Å². The second-order valence-electron chi connectivity index (χ2n) is 6.46. The lowest BCUT2D eigenvalue weighted by Gasteiger charge is -2.30. The smallest absolute Gasteiger partial charge is 0.341 e. The third-order valence-electron chi connectivity index (χ3n) is 4.77. The zero-order valence-electron chi connectivity index (χ0n) is 15.2. The van der Waals surface area contributed by atoms with Crippen molar-refractivity contribution in [2.24, 2.45) is 0 Å². The summed E-state index contributed by atoms with van der Waals surface area (Å²) in [5, 5.41) is 3.73. The average molecular weight is 387 g/mol. The Balaban J connectivity index is 1.76. The van der Waals surface area contributed by atoms with Gasteiger partial charge < -0.3 is 24.7 Å². The molecule has 0 aliphatic carbocycles. The molecule has 1 fully saturated rings. The summed E-state index contributed by atoms with van der Waals surface area (Å²) in [5.74, 6) is -2.97. The van der Waals surface area contributed by atoms with Gasteiger partial charge in [0.1, 0.15) is 11.3 Å². The molecular weight excluding hydrogens is 368 g/mol. The second kappa shape index (κ2) is 7.47. The van der Waals surface area contributed by atoms with Gasteiger partial charge in [-0.2, -0.15) is 4.39 Å². The summed E-state index contributed by atoms with van der Waals surface area (Å²) in [6.07, 6.45) is 1.52. The van der Waals surface area contributed by atoms with Gasteiger partial charge in [-0.05, 0) is 24.3 Å². The van der Waals surface area contributed by atoms with Gasteiger partial charge in [-0.25, -0.2) is 9.18 Å². The highest BCUT2D eigenvalue weighted by Crippen LogP contribution is 2.35. The van der Waals surface area contributed by atoms with Gasteiger partial charge in [-0.3, -0.25) is 0 Å². The maximum absolute atomic E-state index is 14.5. The zero-order valence-corrected chi connectivity index (χ0v) is 15.2. The molecule has 0 amide bonds. The molecule has 0 unspecified atom stereocenters. The Bertz CT molecular complexity index is 1030.